The van der Waals surface area contributed by atoms with E-state index in [0.29, 0.717) is 12.2 Å². The van der Waals surface area contributed by atoms with Gasteiger partial charge in [0.25, 0.3) is 0 Å². The number of nitrogens with zero attached hydrogens (tertiary/aromatic N) is 2. The fraction of sp³-hybridized carbons (Fsp3) is 0.500. The minimum Gasteiger partial charge on any atom is -0.371 e. The molecule has 0 saturated heterocycles. The lowest BCUT2D eigenvalue weighted by atomic mass is 10.2. The van der Waals surface area contributed by atoms with Crippen molar-refractivity contribution in [2.75, 3.05) is 39.1 Å². The average Bonchev–Trinajstić information content (AvgIpc) is 2.25. The van der Waals surface area contributed by atoms with Crippen LogP contribution >= 0.6 is 0 Å². The van der Waals surface area contributed by atoms with E-state index in [-0.39, 0.29) is 5.82 Å². The zero-order valence-corrected chi connectivity index (χ0v) is 10.2. The number of hydrogen-bond acceptors (Lipinski definition) is 3. The Kier molecular flexibility index (Phi) is 4.71. The number of anilines is 1. The third-order valence-electron chi connectivity index (χ3n) is 2.54. The summed E-state index contributed by atoms with van der Waals surface area (Å²) in [6.45, 7) is 2.07. The van der Waals surface area contributed by atoms with Crippen molar-refractivity contribution in [3.8, 4) is 0 Å². The number of halogens is 1. The first-order valence-corrected chi connectivity index (χ1v) is 5.39. The summed E-state index contributed by atoms with van der Waals surface area (Å²) in [7, 11) is 5.90. The summed E-state index contributed by atoms with van der Waals surface area (Å²) in [5, 5.41) is 0. The van der Waals surface area contributed by atoms with Gasteiger partial charge in [0.15, 0.2) is 0 Å². The fourth-order valence-corrected chi connectivity index (χ4v) is 1.46. The van der Waals surface area contributed by atoms with Gasteiger partial charge in [0.1, 0.15) is 5.82 Å². The molecular formula is C12H20FN3. The lowest BCUT2D eigenvalue weighted by Crippen LogP contribution is -2.29. The molecule has 16 heavy (non-hydrogen) atoms. The summed E-state index contributed by atoms with van der Waals surface area (Å²) < 4.78 is 13.7. The highest BCUT2D eigenvalue weighted by atomic mass is 19.1. The molecule has 0 spiro atoms. The third kappa shape index (κ3) is 3.47. The van der Waals surface area contributed by atoms with Crippen LogP contribution in [-0.2, 0) is 6.54 Å². The monoisotopic (exact) mass is 225 g/mol. The van der Waals surface area contributed by atoms with Crippen molar-refractivity contribution >= 4 is 5.69 Å². The van der Waals surface area contributed by atoms with Crippen LogP contribution in [0, 0.1) is 5.82 Å². The van der Waals surface area contributed by atoms with Gasteiger partial charge in [0.05, 0.1) is 5.69 Å². The van der Waals surface area contributed by atoms with Crippen LogP contribution in [0.25, 0.3) is 0 Å². The molecule has 0 fully saturated rings. The number of rotatable bonds is 5. The zero-order valence-electron chi connectivity index (χ0n) is 10.2. The van der Waals surface area contributed by atoms with Crippen molar-refractivity contribution in [3.05, 3.63) is 29.6 Å². The van der Waals surface area contributed by atoms with Gasteiger partial charge < -0.3 is 15.5 Å². The summed E-state index contributed by atoms with van der Waals surface area (Å²) in [6, 6.07) is 5.15. The molecule has 3 nitrogen and oxygen atoms in total. The molecule has 1 aromatic carbocycles. The minimum absolute atomic E-state index is 0.204. The van der Waals surface area contributed by atoms with E-state index in [4.69, 9.17) is 5.73 Å². The summed E-state index contributed by atoms with van der Waals surface area (Å²) in [4.78, 5) is 3.98. The first kappa shape index (κ1) is 12.9. The predicted molar refractivity (Wildman–Crippen MR) is 66.1 cm³/mol. The van der Waals surface area contributed by atoms with Gasteiger partial charge >= 0.3 is 0 Å². The molecule has 90 valence electrons. The van der Waals surface area contributed by atoms with Gasteiger partial charge in [0, 0.05) is 26.7 Å². The van der Waals surface area contributed by atoms with E-state index >= 15 is 0 Å². The second-order valence-corrected chi connectivity index (χ2v) is 4.21. The Hall–Kier alpha value is -1.13. The highest BCUT2D eigenvalue weighted by Crippen LogP contribution is 2.18. The molecule has 0 aromatic heterocycles. The maximum atomic E-state index is 13.7. The molecule has 0 aliphatic heterocycles. The summed E-state index contributed by atoms with van der Waals surface area (Å²) in [5.74, 6) is -0.204. The van der Waals surface area contributed by atoms with E-state index in [1.165, 1.54) is 6.07 Å². The van der Waals surface area contributed by atoms with Crippen molar-refractivity contribution in [2.45, 2.75) is 6.54 Å². The molecule has 1 rings (SSSR count). The van der Waals surface area contributed by atoms with E-state index in [9.17, 15) is 4.39 Å². The molecule has 0 bridgehead atoms. The molecule has 4 heteroatoms. The largest absolute Gasteiger partial charge is 0.371 e. The van der Waals surface area contributed by atoms with Crippen LogP contribution in [0.15, 0.2) is 18.2 Å². The second-order valence-electron chi connectivity index (χ2n) is 4.21. The van der Waals surface area contributed by atoms with Crippen LogP contribution in [0.5, 0.6) is 0 Å². The molecule has 1 aromatic rings. The van der Waals surface area contributed by atoms with E-state index in [2.05, 4.69) is 4.90 Å². The lowest BCUT2D eigenvalue weighted by molar-refractivity contribution is 0.416. The second kappa shape index (κ2) is 5.82. The Labute approximate surface area is 96.6 Å². The molecule has 0 radical (unpaired) electrons. The summed E-state index contributed by atoms with van der Waals surface area (Å²) in [6.07, 6.45) is 0. The topological polar surface area (TPSA) is 32.5 Å². The quantitative estimate of drug-likeness (QED) is 0.819. The van der Waals surface area contributed by atoms with E-state index < -0.39 is 0 Å². The van der Waals surface area contributed by atoms with Crippen LogP contribution in [-0.4, -0.2) is 39.1 Å². The standard InChI is InChI=1S/C12H20FN3/c1-15(2)6-7-16(3)12-5-4-10(9-14)8-11(12)13/h4-5,8H,6-7,9,14H2,1-3H3. The maximum Gasteiger partial charge on any atom is 0.146 e. The van der Waals surface area contributed by atoms with Crippen molar-refractivity contribution in [3.63, 3.8) is 0 Å². The van der Waals surface area contributed by atoms with Gasteiger partial charge in [-0.05, 0) is 31.8 Å². The average molecular weight is 225 g/mol. The van der Waals surface area contributed by atoms with Gasteiger partial charge in [0.2, 0.25) is 0 Å². The first-order chi connectivity index (χ1) is 7.54. The molecule has 0 unspecified atom stereocenters. The van der Waals surface area contributed by atoms with Crippen LogP contribution in [0.3, 0.4) is 0 Å². The van der Waals surface area contributed by atoms with Gasteiger partial charge in [-0.25, -0.2) is 4.39 Å². The van der Waals surface area contributed by atoms with Gasteiger partial charge in [-0.15, -0.1) is 0 Å². The number of hydrogen-bond donors (Lipinski definition) is 1. The van der Waals surface area contributed by atoms with Crippen molar-refractivity contribution in [1.29, 1.82) is 0 Å². The highest BCUT2D eigenvalue weighted by Gasteiger charge is 2.07. The van der Waals surface area contributed by atoms with Crippen LogP contribution in [0.2, 0.25) is 0 Å². The zero-order chi connectivity index (χ0) is 12.1. The Morgan fingerprint density at radius 1 is 1.19 bits per heavy atom. The van der Waals surface area contributed by atoms with Gasteiger partial charge in [-0.2, -0.15) is 0 Å². The normalized spacial score (nSPS) is 10.9. The summed E-state index contributed by atoms with van der Waals surface area (Å²) >= 11 is 0. The first-order valence-electron chi connectivity index (χ1n) is 5.39. The highest BCUT2D eigenvalue weighted by molar-refractivity contribution is 5.48. The van der Waals surface area contributed by atoms with Crippen LogP contribution < -0.4 is 10.6 Å². The molecule has 0 atom stereocenters. The summed E-state index contributed by atoms with van der Waals surface area (Å²) in [5.41, 5.74) is 6.90. The molecular weight excluding hydrogens is 205 g/mol. The predicted octanol–water partition coefficient (Wildman–Crippen LogP) is 1.28. The molecule has 0 saturated carbocycles. The number of nitrogens with two attached hydrogens (primary N) is 1. The Morgan fingerprint density at radius 3 is 2.38 bits per heavy atom. The molecule has 2 N–H and O–H groups in total. The fourth-order valence-electron chi connectivity index (χ4n) is 1.46. The Morgan fingerprint density at radius 2 is 1.88 bits per heavy atom. The molecule has 0 amide bonds. The lowest BCUT2D eigenvalue weighted by Gasteiger charge is -2.22. The van der Waals surface area contributed by atoms with Crippen molar-refractivity contribution < 1.29 is 4.39 Å². The van der Waals surface area contributed by atoms with E-state index in [1.807, 2.05) is 32.1 Å². The maximum absolute atomic E-state index is 13.7. The van der Waals surface area contributed by atoms with E-state index in [1.54, 1.807) is 6.07 Å². The van der Waals surface area contributed by atoms with Gasteiger partial charge in [-0.1, -0.05) is 6.07 Å². The van der Waals surface area contributed by atoms with Crippen LogP contribution in [0.4, 0.5) is 10.1 Å². The van der Waals surface area contributed by atoms with Crippen LogP contribution in [0.1, 0.15) is 5.56 Å². The van der Waals surface area contributed by atoms with Crippen molar-refractivity contribution in [1.82, 2.24) is 4.90 Å². The smallest absolute Gasteiger partial charge is 0.146 e. The molecule has 0 aliphatic rings. The third-order valence-corrected chi connectivity index (χ3v) is 2.54. The Balaban J connectivity index is 2.71. The Bertz CT molecular complexity index is 339. The number of likely N-dealkylation sites (N-methyl/N-ethyl adjacent to an activating group) is 2. The van der Waals surface area contributed by atoms with E-state index in [0.717, 1.165) is 18.7 Å². The SMILES string of the molecule is CN(C)CCN(C)c1ccc(CN)cc1F. The number of benzene rings is 1. The minimum atomic E-state index is -0.204. The van der Waals surface area contributed by atoms with Crippen molar-refractivity contribution in [2.24, 2.45) is 5.73 Å². The molecule has 0 aliphatic carbocycles. The van der Waals surface area contributed by atoms with Gasteiger partial charge in [-0.3, -0.25) is 0 Å². The molecule has 0 heterocycles.